The number of aliphatic imine (C=N–C) groups is 1. The van der Waals surface area contributed by atoms with Gasteiger partial charge in [-0.1, -0.05) is 37.3 Å². The summed E-state index contributed by atoms with van der Waals surface area (Å²) < 4.78 is 21.7. The number of amides is 1. The number of nitrogens with zero attached hydrogens (tertiary/aromatic N) is 2. The van der Waals surface area contributed by atoms with Gasteiger partial charge in [0.1, 0.15) is 11.9 Å². The molecule has 1 aromatic heterocycles. The average molecular weight is 557 g/mol. The quantitative estimate of drug-likeness (QED) is 0.271. The minimum absolute atomic E-state index is 0.188. The van der Waals surface area contributed by atoms with Crippen molar-refractivity contribution < 1.29 is 13.9 Å². The molecular weight excluding hydrogens is 519 g/mol. The Bertz CT molecular complexity index is 1490. The maximum Gasteiger partial charge on any atom is 0.249 e. The van der Waals surface area contributed by atoms with Crippen molar-refractivity contribution in [2.45, 2.75) is 45.6 Å². The van der Waals surface area contributed by atoms with Crippen LogP contribution in [0.2, 0.25) is 0 Å². The van der Waals surface area contributed by atoms with E-state index in [1.54, 1.807) is 18.5 Å². The van der Waals surface area contributed by atoms with Gasteiger partial charge in [0.15, 0.2) is 11.6 Å². The summed E-state index contributed by atoms with van der Waals surface area (Å²) in [6, 6.07) is 2.85. The van der Waals surface area contributed by atoms with Crippen molar-refractivity contribution in [3.63, 3.8) is 0 Å². The van der Waals surface area contributed by atoms with Crippen LogP contribution in [-0.2, 0) is 11.2 Å². The predicted octanol–water partition coefficient (Wildman–Crippen LogP) is 5.09. The number of carbonyl (C=O) groups is 1. The van der Waals surface area contributed by atoms with E-state index in [1.807, 2.05) is 56.4 Å². The zero-order valence-corrected chi connectivity index (χ0v) is 23.5. The molecule has 0 fully saturated rings. The molecule has 214 valence electrons. The molecule has 1 unspecified atom stereocenters. The zero-order chi connectivity index (χ0) is 29.4. The Hall–Kier alpha value is -4.50. The first-order chi connectivity index (χ1) is 19.9. The summed E-state index contributed by atoms with van der Waals surface area (Å²) in [5.41, 5.74) is 17.3. The van der Waals surface area contributed by atoms with Crippen molar-refractivity contribution in [2.75, 3.05) is 13.2 Å². The molecule has 6 N–H and O–H groups in total. The van der Waals surface area contributed by atoms with Gasteiger partial charge in [-0.15, -0.1) is 0 Å². The van der Waals surface area contributed by atoms with Gasteiger partial charge >= 0.3 is 0 Å². The number of carbonyl (C=O) groups excluding carboxylic acids is 1. The first-order valence-corrected chi connectivity index (χ1v) is 13.8. The van der Waals surface area contributed by atoms with E-state index in [4.69, 9.17) is 16.2 Å². The normalized spacial score (nSPS) is 16.1. The number of hydrogen-bond donors (Lipinski definition) is 4. The smallest absolute Gasteiger partial charge is 0.249 e. The van der Waals surface area contributed by atoms with E-state index in [-0.39, 0.29) is 5.75 Å². The monoisotopic (exact) mass is 556 g/mol. The van der Waals surface area contributed by atoms with Gasteiger partial charge in [0.05, 0.1) is 18.5 Å². The fourth-order valence-corrected chi connectivity index (χ4v) is 4.95. The summed E-state index contributed by atoms with van der Waals surface area (Å²) in [4.78, 5) is 24.0. The number of aromatic amines is 1. The number of hydrogen-bond acceptors (Lipinski definition) is 6. The summed E-state index contributed by atoms with van der Waals surface area (Å²) in [6.45, 7) is 8.04. The fourth-order valence-electron chi connectivity index (χ4n) is 4.95. The molecule has 2 aromatic rings. The molecule has 0 spiro atoms. The highest BCUT2D eigenvalue weighted by molar-refractivity contribution is 6.08. The van der Waals surface area contributed by atoms with Crippen LogP contribution in [-0.4, -0.2) is 35.7 Å². The van der Waals surface area contributed by atoms with Gasteiger partial charge in [-0.25, -0.2) is 9.37 Å². The van der Waals surface area contributed by atoms with Crippen LogP contribution in [0.25, 0.3) is 5.57 Å². The van der Waals surface area contributed by atoms with Crippen molar-refractivity contribution in [1.82, 2.24) is 15.3 Å². The number of benzene rings is 1. The summed E-state index contributed by atoms with van der Waals surface area (Å²) in [6.07, 6.45) is 17.7. The van der Waals surface area contributed by atoms with E-state index in [2.05, 4.69) is 27.0 Å². The molecule has 1 amide bonds. The van der Waals surface area contributed by atoms with Gasteiger partial charge in [0, 0.05) is 35.2 Å². The summed E-state index contributed by atoms with van der Waals surface area (Å²) in [7, 11) is 0. The lowest BCUT2D eigenvalue weighted by Crippen LogP contribution is -2.24. The molecule has 1 atom stereocenters. The molecule has 0 saturated heterocycles. The molecule has 1 heterocycles. The summed E-state index contributed by atoms with van der Waals surface area (Å²) in [5, 5.41) is 3.51. The minimum atomic E-state index is -0.718. The van der Waals surface area contributed by atoms with Crippen molar-refractivity contribution >= 4 is 18.2 Å². The highest BCUT2D eigenvalue weighted by Crippen LogP contribution is 2.34. The lowest BCUT2D eigenvalue weighted by molar-refractivity contribution is -0.114. The van der Waals surface area contributed by atoms with E-state index >= 15 is 4.39 Å². The van der Waals surface area contributed by atoms with Crippen LogP contribution in [0.4, 0.5) is 4.39 Å². The number of nitrogens with two attached hydrogens (primary N) is 2. The third kappa shape index (κ3) is 6.81. The van der Waals surface area contributed by atoms with E-state index in [9.17, 15) is 4.79 Å². The predicted molar refractivity (Wildman–Crippen MR) is 162 cm³/mol. The summed E-state index contributed by atoms with van der Waals surface area (Å²) in [5.74, 6) is -0.312. The largest absolute Gasteiger partial charge is 0.491 e. The molecule has 0 bridgehead atoms. The Balaban J connectivity index is 1.83. The molecule has 41 heavy (non-hydrogen) atoms. The number of imidazole rings is 1. The van der Waals surface area contributed by atoms with Crippen LogP contribution in [0.15, 0.2) is 88.4 Å². The summed E-state index contributed by atoms with van der Waals surface area (Å²) >= 11 is 0. The highest BCUT2D eigenvalue weighted by atomic mass is 19.1. The third-order valence-corrected chi connectivity index (χ3v) is 7.00. The highest BCUT2D eigenvalue weighted by Gasteiger charge is 2.27. The van der Waals surface area contributed by atoms with E-state index in [0.717, 1.165) is 35.2 Å². The number of rotatable bonds is 12. The number of nitrogens with one attached hydrogen (secondary N) is 2. The lowest BCUT2D eigenvalue weighted by Gasteiger charge is -2.22. The SMILES string of the molecule is C=N/C=C\C1=CC(NC(c2ncc(C3=CCCC=C3C(N)=O)[nH]2)c2cc(CC)cc(OCC)c2F)=CCC=C1CN. The molecule has 9 heteroatoms. The van der Waals surface area contributed by atoms with Gasteiger partial charge in [0.25, 0.3) is 0 Å². The Morgan fingerprint density at radius 2 is 2.07 bits per heavy atom. The Kier molecular flexibility index (Phi) is 9.86. The van der Waals surface area contributed by atoms with E-state index in [0.29, 0.717) is 54.2 Å². The lowest BCUT2D eigenvalue weighted by atomic mass is 9.95. The van der Waals surface area contributed by atoms with Crippen LogP contribution in [0.1, 0.15) is 61.8 Å². The Morgan fingerprint density at radius 3 is 2.78 bits per heavy atom. The number of halogens is 1. The molecule has 2 aliphatic rings. The van der Waals surface area contributed by atoms with Crippen molar-refractivity contribution in [2.24, 2.45) is 16.5 Å². The number of aromatic nitrogens is 2. The van der Waals surface area contributed by atoms with Crippen LogP contribution >= 0.6 is 0 Å². The number of aryl methyl sites for hydroxylation is 1. The van der Waals surface area contributed by atoms with E-state index in [1.165, 1.54) is 0 Å². The maximum absolute atomic E-state index is 16.1. The standard InChI is InChI=1S/C32H37FN6O2/c1-4-20-15-26(29(33)28(16-20)41-5-2)30(38-23-10-8-9-22(18-34)21(17-23)13-14-36-3)32-37-19-27(39-32)24-11-6-7-12-25(24)31(35)40/h9-17,19,30,38H,3-8,18,34H2,1-2H3,(H2,35,40)(H,37,39)/b14-13-. The van der Waals surface area contributed by atoms with Crippen LogP contribution in [0, 0.1) is 5.82 Å². The van der Waals surface area contributed by atoms with Crippen LogP contribution in [0.3, 0.4) is 0 Å². The van der Waals surface area contributed by atoms with Crippen LogP contribution < -0.4 is 21.5 Å². The number of H-pyrrole nitrogens is 1. The molecular formula is C32H37FN6O2. The fraction of sp³-hybridized carbons (Fsp3) is 0.281. The minimum Gasteiger partial charge on any atom is -0.491 e. The van der Waals surface area contributed by atoms with Crippen molar-refractivity contribution in [1.29, 1.82) is 0 Å². The van der Waals surface area contributed by atoms with Gasteiger partial charge in [-0.2, -0.15) is 0 Å². The van der Waals surface area contributed by atoms with Crippen molar-refractivity contribution in [3.8, 4) is 5.75 Å². The van der Waals surface area contributed by atoms with Gasteiger partial charge in [-0.3, -0.25) is 9.79 Å². The van der Waals surface area contributed by atoms with Gasteiger partial charge in [0.2, 0.25) is 5.91 Å². The molecule has 2 aliphatic carbocycles. The number of allylic oxidation sites excluding steroid dienone is 6. The van der Waals surface area contributed by atoms with E-state index < -0.39 is 17.8 Å². The number of ether oxygens (including phenoxy) is 1. The number of primary amides is 1. The molecule has 1 aromatic carbocycles. The van der Waals surface area contributed by atoms with Crippen LogP contribution in [0.5, 0.6) is 5.75 Å². The molecule has 0 radical (unpaired) electrons. The first-order valence-electron chi connectivity index (χ1n) is 13.8. The first kappa shape index (κ1) is 29.5. The third-order valence-electron chi connectivity index (χ3n) is 7.00. The molecule has 0 aliphatic heterocycles. The molecule has 4 rings (SSSR count). The Morgan fingerprint density at radius 1 is 1.27 bits per heavy atom. The van der Waals surface area contributed by atoms with Gasteiger partial charge in [-0.05, 0) is 74.3 Å². The Labute approximate surface area is 240 Å². The van der Waals surface area contributed by atoms with Crippen molar-refractivity contribution in [3.05, 3.63) is 112 Å². The second-order valence-electron chi connectivity index (χ2n) is 9.65. The second kappa shape index (κ2) is 13.7. The molecule has 8 nitrogen and oxygen atoms in total. The second-order valence-corrected chi connectivity index (χ2v) is 9.65. The molecule has 0 saturated carbocycles. The van der Waals surface area contributed by atoms with Gasteiger partial charge < -0.3 is 26.5 Å². The maximum atomic E-state index is 16.1. The zero-order valence-electron chi connectivity index (χ0n) is 23.5. The topological polar surface area (TPSA) is 131 Å². The average Bonchev–Trinajstić information content (AvgIpc) is 3.38.